The summed E-state index contributed by atoms with van der Waals surface area (Å²) in [6.45, 7) is 1.59. The number of carbonyl (C=O) groups is 1. The number of ether oxygens (including phenoxy) is 1. The molecule has 2 aromatic carbocycles. The molecule has 0 fully saturated rings. The van der Waals surface area contributed by atoms with Crippen LogP contribution in [0.25, 0.3) is 22.6 Å². The average Bonchev–Trinajstić information content (AvgIpc) is 3.23. The number of benzene rings is 2. The summed E-state index contributed by atoms with van der Waals surface area (Å²) in [7, 11) is 0. The first-order valence-electron chi connectivity index (χ1n) is 10.4. The maximum absolute atomic E-state index is 13.3. The summed E-state index contributed by atoms with van der Waals surface area (Å²) in [5.74, 6) is -0.0566. The van der Waals surface area contributed by atoms with Gasteiger partial charge in [-0.25, -0.2) is 14.2 Å². The van der Waals surface area contributed by atoms with E-state index >= 15 is 0 Å². The minimum Gasteiger partial charge on any atom is -0.452 e. The number of nitrogens with zero attached hydrogens (tertiary/aromatic N) is 3. The van der Waals surface area contributed by atoms with Crippen LogP contribution in [0.3, 0.4) is 0 Å². The van der Waals surface area contributed by atoms with Crippen LogP contribution < -0.4 is 0 Å². The number of pyridine rings is 1. The van der Waals surface area contributed by atoms with E-state index in [0.717, 1.165) is 52.6 Å². The number of para-hydroxylation sites is 1. The molecule has 5 rings (SSSR count). The zero-order valence-electron chi connectivity index (χ0n) is 17.5. The number of rotatable bonds is 4. The smallest absolute Gasteiger partial charge is 0.339 e. The molecule has 6 nitrogen and oxygen atoms in total. The van der Waals surface area contributed by atoms with Crippen molar-refractivity contribution in [3.63, 3.8) is 0 Å². The third-order valence-corrected chi connectivity index (χ3v) is 5.48. The van der Waals surface area contributed by atoms with Gasteiger partial charge in [0.2, 0.25) is 5.89 Å². The quantitative estimate of drug-likeness (QED) is 0.410. The van der Waals surface area contributed by atoms with Crippen LogP contribution in [0.15, 0.2) is 52.9 Å². The molecular weight excluding hydrogens is 409 g/mol. The SMILES string of the molecule is Cc1nnc(COC(=O)c2c3c(nc4ccccc24)/C(=C/c2ccc(F)cc2)CCC3)o1. The van der Waals surface area contributed by atoms with Crippen molar-refractivity contribution in [3.8, 4) is 0 Å². The summed E-state index contributed by atoms with van der Waals surface area (Å²) < 4.78 is 24.2. The van der Waals surface area contributed by atoms with Gasteiger partial charge in [-0.15, -0.1) is 10.2 Å². The highest BCUT2D eigenvalue weighted by Gasteiger charge is 2.26. The Morgan fingerprint density at radius 1 is 1.12 bits per heavy atom. The first-order chi connectivity index (χ1) is 15.6. The molecule has 0 N–H and O–H groups in total. The zero-order valence-corrected chi connectivity index (χ0v) is 17.5. The zero-order chi connectivity index (χ0) is 22.1. The Hall–Kier alpha value is -3.87. The predicted molar refractivity (Wildman–Crippen MR) is 117 cm³/mol. The van der Waals surface area contributed by atoms with Crippen LogP contribution in [-0.2, 0) is 17.8 Å². The first-order valence-corrected chi connectivity index (χ1v) is 10.4. The summed E-state index contributed by atoms with van der Waals surface area (Å²) in [6.07, 6.45) is 4.43. The highest BCUT2D eigenvalue weighted by molar-refractivity contribution is 6.06. The molecule has 0 radical (unpaired) electrons. The molecule has 0 saturated heterocycles. The molecule has 0 amide bonds. The van der Waals surface area contributed by atoms with Crippen LogP contribution in [0, 0.1) is 12.7 Å². The number of aryl methyl sites for hydroxylation is 1. The summed E-state index contributed by atoms with van der Waals surface area (Å²) >= 11 is 0. The van der Waals surface area contributed by atoms with Crippen molar-refractivity contribution < 1.29 is 18.3 Å². The highest BCUT2D eigenvalue weighted by atomic mass is 19.1. The van der Waals surface area contributed by atoms with E-state index in [1.54, 1.807) is 19.1 Å². The van der Waals surface area contributed by atoms with Crippen LogP contribution in [0.4, 0.5) is 4.39 Å². The van der Waals surface area contributed by atoms with Crippen LogP contribution in [0.1, 0.15) is 51.8 Å². The summed E-state index contributed by atoms with van der Waals surface area (Å²) in [5.41, 5.74) is 4.81. The van der Waals surface area contributed by atoms with Gasteiger partial charge in [0.25, 0.3) is 5.89 Å². The average molecular weight is 429 g/mol. The molecule has 0 bridgehead atoms. The van der Waals surface area contributed by atoms with Crippen molar-refractivity contribution in [3.05, 3.63) is 88.5 Å². The lowest BCUT2D eigenvalue weighted by atomic mass is 9.86. The molecule has 1 aliphatic carbocycles. The first kappa shape index (κ1) is 20.1. The molecule has 32 heavy (non-hydrogen) atoms. The maximum atomic E-state index is 13.3. The molecule has 1 aliphatic rings. The normalized spacial score (nSPS) is 14.5. The third-order valence-electron chi connectivity index (χ3n) is 5.48. The molecule has 0 spiro atoms. The monoisotopic (exact) mass is 429 g/mol. The minimum atomic E-state index is -0.446. The Labute approximate surface area is 183 Å². The van der Waals surface area contributed by atoms with Gasteiger partial charge >= 0.3 is 5.97 Å². The van der Waals surface area contributed by atoms with Gasteiger partial charge in [-0.2, -0.15) is 0 Å². The highest BCUT2D eigenvalue weighted by Crippen LogP contribution is 2.36. The van der Waals surface area contributed by atoms with E-state index in [9.17, 15) is 9.18 Å². The molecular formula is C25H20FN3O3. The molecule has 2 aromatic heterocycles. The number of fused-ring (bicyclic) bond motifs is 2. The van der Waals surface area contributed by atoms with E-state index in [-0.39, 0.29) is 18.3 Å². The molecule has 4 aromatic rings. The standard InChI is InChI=1S/C25H20FN3O3/c1-15-28-29-22(32-15)14-31-25(30)23-19-6-2-3-8-21(19)27-24-17(5-4-7-20(23)24)13-16-9-11-18(26)12-10-16/h2-3,6,8-13H,4-5,7,14H2,1H3/b17-13+. The van der Waals surface area contributed by atoms with Crippen molar-refractivity contribution in [2.24, 2.45) is 0 Å². The largest absolute Gasteiger partial charge is 0.452 e. The topological polar surface area (TPSA) is 78.1 Å². The van der Waals surface area contributed by atoms with E-state index < -0.39 is 5.97 Å². The number of carbonyl (C=O) groups excluding carboxylic acids is 1. The molecule has 160 valence electrons. The summed E-state index contributed by atoms with van der Waals surface area (Å²) in [6, 6.07) is 13.9. The van der Waals surface area contributed by atoms with Crippen molar-refractivity contribution in [1.29, 1.82) is 0 Å². The van der Waals surface area contributed by atoms with E-state index in [0.29, 0.717) is 11.5 Å². The van der Waals surface area contributed by atoms with Crippen molar-refractivity contribution in [2.45, 2.75) is 32.8 Å². The van der Waals surface area contributed by atoms with Crippen LogP contribution in [0.2, 0.25) is 0 Å². The van der Waals surface area contributed by atoms with E-state index in [1.807, 2.05) is 30.3 Å². The fraction of sp³-hybridized carbons (Fsp3) is 0.200. The van der Waals surface area contributed by atoms with E-state index in [1.165, 1.54) is 12.1 Å². The Morgan fingerprint density at radius 2 is 1.94 bits per heavy atom. The number of hydrogen-bond donors (Lipinski definition) is 0. The second kappa shape index (κ2) is 8.34. The number of halogens is 1. The maximum Gasteiger partial charge on any atom is 0.339 e. The lowest BCUT2D eigenvalue weighted by molar-refractivity contribution is 0.0437. The Morgan fingerprint density at radius 3 is 2.72 bits per heavy atom. The van der Waals surface area contributed by atoms with Crippen LogP contribution >= 0.6 is 0 Å². The number of esters is 1. The Balaban J connectivity index is 1.58. The molecule has 0 unspecified atom stereocenters. The number of allylic oxidation sites excluding steroid dienone is 1. The lowest BCUT2D eigenvalue weighted by Crippen LogP contribution is -2.15. The molecule has 0 aliphatic heterocycles. The van der Waals surface area contributed by atoms with Gasteiger partial charge in [0.15, 0.2) is 6.61 Å². The van der Waals surface area contributed by atoms with Crippen LogP contribution in [-0.4, -0.2) is 21.2 Å². The molecule has 2 heterocycles. The number of aromatic nitrogens is 3. The van der Waals surface area contributed by atoms with Gasteiger partial charge in [-0.05, 0) is 60.2 Å². The van der Waals surface area contributed by atoms with E-state index in [2.05, 4.69) is 10.2 Å². The summed E-state index contributed by atoms with van der Waals surface area (Å²) in [5, 5.41) is 8.40. The van der Waals surface area contributed by atoms with Crippen molar-refractivity contribution >= 4 is 28.5 Å². The van der Waals surface area contributed by atoms with Gasteiger partial charge in [-0.1, -0.05) is 30.3 Å². The molecule has 0 atom stereocenters. The Bertz CT molecular complexity index is 1340. The Kier molecular flexibility index (Phi) is 5.23. The van der Waals surface area contributed by atoms with E-state index in [4.69, 9.17) is 14.1 Å². The van der Waals surface area contributed by atoms with Crippen molar-refractivity contribution in [1.82, 2.24) is 15.2 Å². The molecule has 0 saturated carbocycles. The number of hydrogen-bond acceptors (Lipinski definition) is 6. The third kappa shape index (κ3) is 3.89. The van der Waals surface area contributed by atoms with Gasteiger partial charge in [-0.3, -0.25) is 0 Å². The minimum absolute atomic E-state index is 0.0939. The van der Waals surface area contributed by atoms with Gasteiger partial charge < -0.3 is 9.15 Å². The predicted octanol–water partition coefficient (Wildman–Crippen LogP) is 5.30. The van der Waals surface area contributed by atoms with Gasteiger partial charge in [0.05, 0.1) is 16.8 Å². The van der Waals surface area contributed by atoms with Crippen LogP contribution in [0.5, 0.6) is 0 Å². The van der Waals surface area contributed by atoms with Gasteiger partial charge in [0.1, 0.15) is 5.82 Å². The fourth-order valence-corrected chi connectivity index (χ4v) is 4.06. The second-order valence-corrected chi connectivity index (χ2v) is 7.70. The van der Waals surface area contributed by atoms with Gasteiger partial charge in [0, 0.05) is 12.3 Å². The van der Waals surface area contributed by atoms with Crippen molar-refractivity contribution in [2.75, 3.05) is 0 Å². The second-order valence-electron chi connectivity index (χ2n) is 7.70. The molecule has 7 heteroatoms. The lowest BCUT2D eigenvalue weighted by Gasteiger charge is -2.22. The summed E-state index contributed by atoms with van der Waals surface area (Å²) in [4.78, 5) is 18.1. The fourth-order valence-electron chi connectivity index (χ4n) is 4.06.